The molecule has 24 heavy (non-hydrogen) atoms. The lowest BCUT2D eigenvalue weighted by molar-refractivity contribution is -0.134. The summed E-state index contributed by atoms with van der Waals surface area (Å²) in [6.07, 6.45) is 0.0538. The van der Waals surface area contributed by atoms with E-state index in [4.69, 9.17) is 10.5 Å². The number of nitrogens with two attached hydrogens (primary N) is 1. The van der Waals surface area contributed by atoms with Crippen LogP contribution in [0.1, 0.15) is 12.0 Å². The molecule has 0 aliphatic heterocycles. The first kappa shape index (κ1) is 17.5. The second-order valence-corrected chi connectivity index (χ2v) is 5.24. The van der Waals surface area contributed by atoms with Crippen LogP contribution in [0.25, 0.3) is 0 Å². The topological polar surface area (TPSA) is 72.6 Å². The quantitative estimate of drug-likeness (QED) is 0.806. The smallest absolute Gasteiger partial charge is 0.260 e. The van der Waals surface area contributed by atoms with E-state index in [9.17, 15) is 14.0 Å². The Kier molecular flexibility index (Phi) is 6.31. The average molecular weight is 330 g/mol. The van der Waals surface area contributed by atoms with Crippen LogP contribution in [0.3, 0.4) is 0 Å². The Bertz CT molecular complexity index is 692. The standard InChI is InChI=1S/C18H19FN2O3/c19-15-8-4-5-9-16(15)24-13-18(23)21(11-10-17(20)22)12-14-6-2-1-3-7-14/h1-9H,10-13H2,(H2,20,22). The van der Waals surface area contributed by atoms with Gasteiger partial charge in [0.2, 0.25) is 5.91 Å². The number of halogens is 1. The molecule has 0 aromatic heterocycles. The highest BCUT2D eigenvalue weighted by Gasteiger charge is 2.16. The van der Waals surface area contributed by atoms with Gasteiger partial charge < -0.3 is 15.4 Å². The fourth-order valence-corrected chi connectivity index (χ4v) is 2.13. The highest BCUT2D eigenvalue weighted by molar-refractivity contribution is 5.79. The van der Waals surface area contributed by atoms with E-state index in [-0.39, 0.29) is 31.2 Å². The number of para-hydroxylation sites is 1. The van der Waals surface area contributed by atoms with Gasteiger partial charge in [-0.15, -0.1) is 0 Å². The van der Waals surface area contributed by atoms with Crippen LogP contribution >= 0.6 is 0 Å². The van der Waals surface area contributed by atoms with Crippen molar-refractivity contribution < 1.29 is 18.7 Å². The normalized spacial score (nSPS) is 10.2. The van der Waals surface area contributed by atoms with Crippen LogP contribution in [-0.4, -0.2) is 29.9 Å². The Labute approximate surface area is 139 Å². The zero-order chi connectivity index (χ0) is 17.4. The van der Waals surface area contributed by atoms with E-state index in [1.54, 1.807) is 12.1 Å². The number of benzene rings is 2. The van der Waals surface area contributed by atoms with Crippen molar-refractivity contribution in [2.24, 2.45) is 5.73 Å². The van der Waals surface area contributed by atoms with Crippen LogP contribution in [0.5, 0.6) is 5.75 Å². The van der Waals surface area contributed by atoms with Crippen molar-refractivity contribution >= 4 is 11.8 Å². The molecule has 5 nitrogen and oxygen atoms in total. The molecule has 0 fully saturated rings. The van der Waals surface area contributed by atoms with E-state index < -0.39 is 11.7 Å². The Balaban J connectivity index is 2.00. The van der Waals surface area contributed by atoms with Gasteiger partial charge in [0.05, 0.1) is 0 Å². The predicted octanol–water partition coefficient (Wildman–Crippen LogP) is 2.11. The van der Waals surface area contributed by atoms with Gasteiger partial charge in [0, 0.05) is 19.5 Å². The van der Waals surface area contributed by atoms with Gasteiger partial charge in [-0.2, -0.15) is 0 Å². The van der Waals surface area contributed by atoms with Crippen LogP contribution in [0.15, 0.2) is 54.6 Å². The Morgan fingerprint density at radius 2 is 1.71 bits per heavy atom. The largest absolute Gasteiger partial charge is 0.481 e. The molecular formula is C18H19FN2O3. The molecule has 2 aromatic carbocycles. The molecule has 0 unspecified atom stereocenters. The third-order valence-electron chi connectivity index (χ3n) is 3.38. The van der Waals surface area contributed by atoms with Crippen LogP contribution in [0.2, 0.25) is 0 Å². The molecule has 0 heterocycles. The third kappa shape index (κ3) is 5.39. The predicted molar refractivity (Wildman–Crippen MR) is 87.6 cm³/mol. The van der Waals surface area contributed by atoms with Crippen molar-refractivity contribution in [3.63, 3.8) is 0 Å². The minimum absolute atomic E-state index is 0.0143. The lowest BCUT2D eigenvalue weighted by atomic mass is 10.2. The van der Waals surface area contributed by atoms with Gasteiger partial charge in [0.25, 0.3) is 5.91 Å². The summed E-state index contributed by atoms with van der Waals surface area (Å²) in [6.45, 7) is 0.198. The summed E-state index contributed by atoms with van der Waals surface area (Å²) in [5.74, 6) is -1.35. The molecular weight excluding hydrogens is 311 g/mol. The summed E-state index contributed by atoms with van der Waals surface area (Å²) in [5.41, 5.74) is 6.08. The fraction of sp³-hybridized carbons (Fsp3) is 0.222. The Morgan fingerprint density at radius 3 is 2.38 bits per heavy atom. The van der Waals surface area contributed by atoms with Gasteiger partial charge in [-0.25, -0.2) is 4.39 Å². The monoisotopic (exact) mass is 330 g/mol. The van der Waals surface area contributed by atoms with Crippen molar-refractivity contribution in [2.45, 2.75) is 13.0 Å². The van der Waals surface area contributed by atoms with E-state index in [2.05, 4.69) is 0 Å². The molecule has 0 aliphatic carbocycles. The number of nitrogens with zero attached hydrogens (tertiary/aromatic N) is 1. The van der Waals surface area contributed by atoms with E-state index in [0.717, 1.165) is 5.56 Å². The van der Waals surface area contributed by atoms with Crippen molar-refractivity contribution in [1.29, 1.82) is 0 Å². The zero-order valence-corrected chi connectivity index (χ0v) is 13.2. The molecule has 0 aliphatic rings. The first-order valence-corrected chi connectivity index (χ1v) is 7.53. The van der Waals surface area contributed by atoms with Crippen molar-refractivity contribution in [3.05, 3.63) is 66.0 Å². The summed E-state index contributed by atoms with van der Waals surface area (Å²) in [5, 5.41) is 0. The van der Waals surface area contributed by atoms with Gasteiger partial charge in [-0.1, -0.05) is 42.5 Å². The molecule has 2 N–H and O–H groups in total. The van der Waals surface area contributed by atoms with E-state index in [1.807, 2.05) is 30.3 Å². The molecule has 0 spiro atoms. The first-order valence-electron chi connectivity index (χ1n) is 7.53. The number of ether oxygens (including phenoxy) is 1. The summed E-state index contributed by atoms with van der Waals surface area (Å²) in [4.78, 5) is 24.9. The second kappa shape index (κ2) is 8.67. The maximum atomic E-state index is 13.5. The molecule has 0 saturated heterocycles. The summed E-state index contributed by atoms with van der Waals surface area (Å²) in [7, 11) is 0. The Morgan fingerprint density at radius 1 is 1.04 bits per heavy atom. The van der Waals surface area contributed by atoms with Crippen molar-refractivity contribution in [3.8, 4) is 5.75 Å². The van der Waals surface area contributed by atoms with Crippen molar-refractivity contribution in [1.82, 2.24) is 4.90 Å². The molecule has 2 amide bonds. The number of amides is 2. The molecule has 2 aromatic rings. The van der Waals surface area contributed by atoms with Gasteiger partial charge in [-0.3, -0.25) is 9.59 Å². The lowest BCUT2D eigenvalue weighted by Crippen LogP contribution is -2.36. The molecule has 2 rings (SSSR count). The first-order chi connectivity index (χ1) is 11.6. The molecule has 126 valence electrons. The van der Waals surface area contributed by atoms with Crippen molar-refractivity contribution in [2.75, 3.05) is 13.2 Å². The average Bonchev–Trinajstić information content (AvgIpc) is 2.58. The highest BCUT2D eigenvalue weighted by atomic mass is 19.1. The number of hydrogen-bond donors (Lipinski definition) is 1. The highest BCUT2D eigenvalue weighted by Crippen LogP contribution is 2.15. The molecule has 0 radical (unpaired) electrons. The molecule has 6 heteroatoms. The molecule has 0 atom stereocenters. The van der Waals surface area contributed by atoms with Gasteiger partial charge in [0.1, 0.15) is 0 Å². The van der Waals surface area contributed by atoms with Gasteiger partial charge in [-0.05, 0) is 17.7 Å². The number of hydrogen-bond acceptors (Lipinski definition) is 3. The number of rotatable bonds is 8. The van der Waals surface area contributed by atoms with Crippen LogP contribution in [0, 0.1) is 5.82 Å². The number of carbonyl (C=O) groups excluding carboxylic acids is 2. The lowest BCUT2D eigenvalue weighted by Gasteiger charge is -2.22. The van der Waals surface area contributed by atoms with E-state index in [0.29, 0.717) is 6.54 Å². The Hall–Kier alpha value is -2.89. The number of carbonyl (C=O) groups is 2. The maximum absolute atomic E-state index is 13.5. The van der Waals surface area contributed by atoms with Crippen LogP contribution < -0.4 is 10.5 Å². The van der Waals surface area contributed by atoms with Crippen LogP contribution in [-0.2, 0) is 16.1 Å². The fourth-order valence-electron chi connectivity index (χ4n) is 2.13. The minimum atomic E-state index is -0.531. The SMILES string of the molecule is NC(=O)CCN(Cc1ccccc1)C(=O)COc1ccccc1F. The summed E-state index contributed by atoms with van der Waals surface area (Å²) >= 11 is 0. The zero-order valence-electron chi connectivity index (χ0n) is 13.2. The summed E-state index contributed by atoms with van der Waals surface area (Å²) < 4.78 is 18.8. The number of primary amides is 1. The van der Waals surface area contributed by atoms with Crippen LogP contribution in [0.4, 0.5) is 4.39 Å². The van der Waals surface area contributed by atoms with Gasteiger partial charge in [0.15, 0.2) is 18.2 Å². The molecule has 0 saturated carbocycles. The maximum Gasteiger partial charge on any atom is 0.260 e. The molecule has 0 bridgehead atoms. The minimum Gasteiger partial charge on any atom is -0.481 e. The van der Waals surface area contributed by atoms with E-state index >= 15 is 0 Å². The third-order valence-corrected chi connectivity index (χ3v) is 3.38. The van der Waals surface area contributed by atoms with E-state index in [1.165, 1.54) is 17.0 Å². The summed E-state index contributed by atoms with van der Waals surface area (Å²) in [6, 6.07) is 15.2. The van der Waals surface area contributed by atoms with Gasteiger partial charge >= 0.3 is 0 Å². The second-order valence-electron chi connectivity index (χ2n) is 5.24.